The second kappa shape index (κ2) is 6.20. The van der Waals surface area contributed by atoms with E-state index in [9.17, 15) is 4.79 Å². The molecule has 0 aliphatic rings. The number of aromatic nitrogens is 4. The number of carbonyl (C=O) groups is 1. The van der Waals surface area contributed by atoms with Crippen LogP contribution in [0.15, 0.2) is 24.4 Å². The maximum absolute atomic E-state index is 12.0. The molecular formula is C16H19N5O2. The van der Waals surface area contributed by atoms with Gasteiger partial charge in [0.25, 0.3) is 0 Å². The van der Waals surface area contributed by atoms with Crippen LogP contribution in [0.5, 0.6) is 0 Å². The molecule has 0 fully saturated rings. The van der Waals surface area contributed by atoms with Crippen molar-refractivity contribution in [3.05, 3.63) is 30.0 Å². The molecular weight excluding hydrogens is 294 g/mol. The predicted octanol–water partition coefficient (Wildman–Crippen LogP) is 2.30. The number of rotatable bonds is 5. The zero-order valence-electron chi connectivity index (χ0n) is 13.5. The Labute approximate surface area is 133 Å². The minimum Gasteiger partial charge on any atom is -0.462 e. The molecule has 2 heterocycles. The molecule has 120 valence electrons. The summed E-state index contributed by atoms with van der Waals surface area (Å²) in [5, 5.41) is 12.6. The molecule has 2 aromatic heterocycles. The van der Waals surface area contributed by atoms with E-state index in [0.717, 1.165) is 29.8 Å². The zero-order chi connectivity index (χ0) is 16.4. The van der Waals surface area contributed by atoms with E-state index in [4.69, 9.17) is 4.74 Å². The highest BCUT2D eigenvalue weighted by Crippen LogP contribution is 2.22. The Morgan fingerprint density at radius 2 is 2.00 bits per heavy atom. The standard InChI is InChI=1S/C16H19N5O2/c1-4-20(5-2)11-7-8-13-14(9-11)21-15(19-18-13)12(10-17-21)16(22)23-6-3/h7-10H,4-6H2,1-3H3. The Morgan fingerprint density at radius 1 is 1.22 bits per heavy atom. The highest BCUT2D eigenvalue weighted by Gasteiger charge is 2.17. The van der Waals surface area contributed by atoms with Gasteiger partial charge in [0.2, 0.25) is 0 Å². The minimum atomic E-state index is -0.434. The van der Waals surface area contributed by atoms with E-state index in [1.807, 2.05) is 18.2 Å². The van der Waals surface area contributed by atoms with Crippen LogP contribution in [0.2, 0.25) is 0 Å². The highest BCUT2D eigenvalue weighted by molar-refractivity contribution is 5.96. The predicted molar refractivity (Wildman–Crippen MR) is 87.8 cm³/mol. The minimum absolute atomic E-state index is 0.309. The lowest BCUT2D eigenvalue weighted by molar-refractivity contribution is 0.0528. The molecule has 0 atom stereocenters. The average molecular weight is 313 g/mol. The first-order chi connectivity index (χ1) is 11.2. The third-order valence-electron chi connectivity index (χ3n) is 3.81. The maximum Gasteiger partial charge on any atom is 0.343 e. The van der Waals surface area contributed by atoms with Gasteiger partial charge < -0.3 is 9.64 Å². The average Bonchev–Trinajstić information content (AvgIpc) is 3.00. The van der Waals surface area contributed by atoms with Crippen LogP contribution in [0.1, 0.15) is 31.1 Å². The van der Waals surface area contributed by atoms with Crippen LogP contribution >= 0.6 is 0 Å². The Morgan fingerprint density at radius 3 is 2.70 bits per heavy atom. The molecule has 0 unspecified atom stereocenters. The number of fused-ring (bicyclic) bond motifs is 3. The number of benzene rings is 1. The van der Waals surface area contributed by atoms with Crippen LogP contribution in [0.25, 0.3) is 16.7 Å². The van der Waals surface area contributed by atoms with Crippen molar-refractivity contribution >= 4 is 28.3 Å². The van der Waals surface area contributed by atoms with Crippen LogP contribution in [0.4, 0.5) is 5.69 Å². The van der Waals surface area contributed by atoms with Crippen molar-refractivity contribution in [2.75, 3.05) is 24.6 Å². The molecule has 1 aromatic carbocycles. The van der Waals surface area contributed by atoms with Gasteiger partial charge in [0, 0.05) is 18.8 Å². The van der Waals surface area contributed by atoms with E-state index in [1.54, 1.807) is 11.4 Å². The van der Waals surface area contributed by atoms with Gasteiger partial charge in [0.1, 0.15) is 11.1 Å². The molecule has 0 aliphatic carbocycles. The summed E-state index contributed by atoms with van der Waals surface area (Å²) in [6.45, 7) is 8.12. The lowest BCUT2D eigenvalue weighted by Crippen LogP contribution is -2.21. The van der Waals surface area contributed by atoms with Gasteiger partial charge in [-0.25, -0.2) is 9.31 Å². The quantitative estimate of drug-likeness (QED) is 0.673. The third-order valence-corrected chi connectivity index (χ3v) is 3.81. The van der Waals surface area contributed by atoms with Crippen molar-refractivity contribution in [2.24, 2.45) is 0 Å². The Hall–Kier alpha value is -2.70. The first-order valence-corrected chi connectivity index (χ1v) is 7.75. The fraction of sp³-hybridized carbons (Fsp3) is 0.375. The lowest BCUT2D eigenvalue weighted by atomic mass is 10.2. The SMILES string of the molecule is CCOC(=O)c1cnn2c1nnc1ccc(N(CC)CC)cc12. The van der Waals surface area contributed by atoms with E-state index in [0.29, 0.717) is 17.8 Å². The topological polar surface area (TPSA) is 72.6 Å². The van der Waals surface area contributed by atoms with Gasteiger partial charge in [-0.05, 0) is 39.0 Å². The monoisotopic (exact) mass is 313 g/mol. The Bertz CT molecular complexity index is 854. The Balaban J connectivity index is 2.17. The van der Waals surface area contributed by atoms with Gasteiger partial charge in [-0.3, -0.25) is 0 Å². The second-order valence-electron chi connectivity index (χ2n) is 5.06. The number of hydrogen-bond acceptors (Lipinski definition) is 6. The number of nitrogens with zero attached hydrogens (tertiary/aromatic N) is 5. The number of anilines is 1. The molecule has 23 heavy (non-hydrogen) atoms. The van der Waals surface area contributed by atoms with Crippen molar-refractivity contribution in [1.29, 1.82) is 0 Å². The van der Waals surface area contributed by atoms with Crippen molar-refractivity contribution in [3.8, 4) is 0 Å². The van der Waals surface area contributed by atoms with Gasteiger partial charge in [-0.15, -0.1) is 10.2 Å². The lowest BCUT2D eigenvalue weighted by Gasteiger charge is -2.21. The number of ether oxygens (including phenoxy) is 1. The first-order valence-electron chi connectivity index (χ1n) is 7.75. The summed E-state index contributed by atoms with van der Waals surface area (Å²) in [4.78, 5) is 14.2. The molecule has 3 aromatic rings. The van der Waals surface area contributed by atoms with Crippen LogP contribution in [0.3, 0.4) is 0 Å². The first kappa shape index (κ1) is 15.2. The summed E-state index contributed by atoms with van der Waals surface area (Å²) in [5.41, 5.74) is 3.37. The molecule has 7 nitrogen and oxygen atoms in total. The molecule has 7 heteroatoms. The van der Waals surface area contributed by atoms with Crippen molar-refractivity contribution < 1.29 is 9.53 Å². The second-order valence-corrected chi connectivity index (χ2v) is 5.06. The van der Waals surface area contributed by atoms with Gasteiger partial charge in [0.15, 0.2) is 5.65 Å². The van der Waals surface area contributed by atoms with E-state index in [-0.39, 0.29) is 0 Å². The fourth-order valence-corrected chi connectivity index (χ4v) is 2.62. The van der Waals surface area contributed by atoms with E-state index < -0.39 is 5.97 Å². The van der Waals surface area contributed by atoms with Crippen molar-refractivity contribution in [2.45, 2.75) is 20.8 Å². The molecule has 0 N–H and O–H groups in total. The fourth-order valence-electron chi connectivity index (χ4n) is 2.62. The van der Waals surface area contributed by atoms with Crippen molar-refractivity contribution in [3.63, 3.8) is 0 Å². The molecule has 0 bridgehead atoms. The van der Waals surface area contributed by atoms with E-state index >= 15 is 0 Å². The van der Waals surface area contributed by atoms with Crippen LogP contribution in [-0.4, -0.2) is 45.5 Å². The summed E-state index contributed by atoms with van der Waals surface area (Å²) in [6, 6.07) is 5.96. The number of esters is 1. The summed E-state index contributed by atoms with van der Waals surface area (Å²) >= 11 is 0. The van der Waals surface area contributed by atoms with E-state index in [2.05, 4.69) is 34.0 Å². The Kier molecular flexibility index (Phi) is 4.10. The molecule has 3 rings (SSSR count). The molecule has 0 spiro atoms. The van der Waals surface area contributed by atoms with Gasteiger partial charge >= 0.3 is 5.97 Å². The highest BCUT2D eigenvalue weighted by atomic mass is 16.5. The van der Waals surface area contributed by atoms with Crippen LogP contribution in [-0.2, 0) is 4.74 Å². The third kappa shape index (κ3) is 2.58. The normalized spacial score (nSPS) is 11.1. The number of hydrogen-bond donors (Lipinski definition) is 0. The molecule has 0 amide bonds. The number of carbonyl (C=O) groups excluding carboxylic acids is 1. The van der Waals surface area contributed by atoms with Gasteiger partial charge in [-0.1, -0.05) is 0 Å². The molecule has 0 radical (unpaired) electrons. The molecule has 0 saturated heterocycles. The molecule has 0 saturated carbocycles. The van der Waals surface area contributed by atoms with Gasteiger partial charge in [0.05, 0.1) is 18.3 Å². The summed E-state index contributed by atoms with van der Waals surface area (Å²) in [5.74, 6) is -0.434. The van der Waals surface area contributed by atoms with Gasteiger partial charge in [-0.2, -0.15) is 5.10 Å². The molecule has 0 aliphatic heterocycles. The zero-order valence-corrected chi connectivity index (χ0v) is 13.5. The summed E-state index contributed by atoms with van der Waals surface area (Å²) in [7, 11) is 0. The van der Waals surface area contributed by atoms with E-state index in [1.165, 1.54) is 6.20 Å². The summed E-state index contributed by atoms with van der Waals surface area (Å²) in [6.07, 6.45) is 1.48. The van der Waals surface area contributed by atoms with Crippen LogP contribution < -0.4 is 4.90 Å². The smallest absolute Gasteiger partial charge is 0.343 e. The summed E-state index contributed by atoms with van der Waals surface area (Å²) < 4.78 is 6.68. The maximum atomic E-state index is 12.0. The van der Waals surface area contributed by atoms with Crippen molar-refractivity contribution in [1.82, 2.24) is 19.8 Å². The largest absolute Gasteiger partial charge is 0.462 e. The van der Waals surface area contributed by atoms with Crippen LogP contribution in [0, 0.1) is 0 Å².